The maximum atomic E-state index is 13.7. The third kappa shape index (κ3) is 2.87. The molecule has 0 saturated heterocycles. The van der Waals surface area contributed by atoms with Crippen molar-refractivity contribution in [2.24, 2.45) is 0 Å². The van der Waals surface area contributed by atoms with Gasteiger partial charge in [-0.3, -0.25) is 0 Å². The maximum absolute atomic E-state index is 13.7. The van der Waals surface area contributed by atoms with Gasteiger partial charge in [0.15, 0.2) is 0 Å². The van der Waals surface area contributed by atoms with Crippen LogP contribution in [0.5, 0.6) is 0 Å². The largest absolute Gasteiger partial charge is 0.379 e. The van der Waals surface area contributed by atoms with Crippen LogP contribution in [0.15, 0.2) is 55.1 Å². The number of para-hydroxylation sites is 1. The van der Waals surface area contributed by atoms with Gasteiger partial charge in [-0.25, -0.2) is 14.1 Å². The summed E-state index contributed by atoms with van der Waals surface area (Å²) in [5.41, 5.74) is 2.03. The Morgan fingerprint density at radius 1 is 1.14 bits per heavy atom. The molecule has 0 bridgehead atoms. The summed E-state index contributed by atoms with van der Waals surface area (Å²) >= 11 is 6.23. The molecule has 21 heavy (non-hydrogen) atoms. The van der Waals surface area contributed by atoms with Crippen molar-refractivity contribution in [1.82, 2.24) is 14.8 Å². The summed E-state index contributed by atoms with van der Waals surface area (Å²) in [7, 11) is 0. The van der Waals surface area contributed by atoms with Crippen molar-refractivity contribution in [3.05, 3.63) is 71.5 Å². The highest BCUT2D eigenvalue weighted by Crippen LogP contribution is 2.28. The van der Waals surface area contributed by atoms with Crippen molar-refractivity contribution in [1.29, 1.82) is 0 Å². The number of hydrogen-bond donors (Lipinski definition) is 1. The first kappa shape index (κ1) is 13.6. The van der Waals surface area contributed by atoms with E-state index >= 15 is 0 Å². The van der Waals surface area contributed by atoms with Crippen LogP contribution in [-0.2, 0) is 6.54 Å². The molecule has 0 fully saturated rings. The van der Waals surface area contributed by atoms with E-state index in [1.807, 2.05) is 12.1 Å². The number of rotatable bonds is 4. The Balaban J connectivity index is 1.90. The first-order chi connectivity index (χ1) is 10.3. The molecule has 0 amide bonds. The average molecular weight is 303 g/mol. The van der Waals surface area contributed by atoms with Crippen LogP contribution in [0.2, 0.25) is 5.02 Å². The topological polar surface area (TPSA) is 42.7 Å². The lowest BCUT2D eigenvalue weighted by atomic mass is 10.2. The SMILES string of the molecule is Fc1ccccc1CNc1cccc(Cl)c1-n1cncn1. The highest BCUT2D eigenvalue weighted by atomic mass is 35.5. The van der Waals surface area contributed by atoms with Gasteiger partial charge >= 0.3 is 0 Å². The number of aromatic nitrogens is 3. The van der Waals surface area contributed by atoms with Gasteiger partial charge in [0, 0.05) is 12.1 Å². The molecule has 0 atom stereocenters. The minimum absolute atomic E-state index is 0.241. The van der Waals surface area contributed by atoms with Crippen molar-refractivity contribution in [2.45, 2.75) is 6.54 Å². The van der Waals surface area contributed by atoms with Crippen LogP contribution in [0.3, 0.4) is 0 Å². The number of hydrogen-bond acceptors (Lipinski definition) is 3. The molecular formula is C15H12ClFN4. The monoisotopic (exact) mass is 302 g/mol. The summed E-state index contributed by atoms with van der Waals surface area (Å²) < 4.78 is 15.2. The molecule has 0 aliphatic heterocycles. The van der Waals surface area contributed by atoms with Crippen LogP contribution >= 0.6 is 11.6 Å². The summed E-state index contributed by atoms with van der Waals surface area (Å²) in [6.45, 7) is 0.356. The summed E-state index contributed by atoms with van der Waals surface area (Å²) in [5, 5.41) is 7.81. The van der Waals surface area contributed by atoms with E-state index in [9.17, 15) is 4.39 Å². The zero-order valence-electron chi connectivity index (χ0n) is 11.0. The summed E-state index contributed by atoms with van der Waals surface area (Å²) in [6.07, 6.45) is 3.00. The second kappa shape index (κ2) is 5.93. The molecule has 1 aromatic heterocycles. The molecule has 4 nitrogen and oxygen atoms in total. The summed E-state index contributed by atoms with van der Waals surface area (Å²) in [5.74, 6) is -0.241. The highest BCUT2D eigenvalue weighted by molar-refractivity contribution is 6.33. The second-order valence-corrected chi connectivity index (χ2v) is 4.83. The molecule has 0 radical (unpaired) electrons. The molecule has 6 heteroatoms. The van der Waals surface area contributed by atoms with Crippen LogP contribution in [0, 0.1) is 5.82 Å². The van der Waals surface area contributed by atoms with E-state index in [0.717, 1.165) is 5.69 Å². The zero-order valence-corrected chi connectivity index (χ0v) is 11.8. The fourth-order valence-corrected chi connectivity index (χ4v) is 2.31. The van der Waals surface area contributed by atoms with Crippen molar-refractivity contribution in [2.75, 3.05) is 5.32 Å². The Labute approximate surface area is 126 Å². The number of benzene rings is 2. The zero-order chi connectivity index (χ0) is 14.7. The third-order valence-corrected chi connectivity index (χ3v) is 3.37. The molecule has 0 saturated carbocycles. The Bertz CT molecular complexity index is 743. The van der Waals surface area contributed by atoms with E-state index in [-0.39, 0.29) is 5.82 Å². The molecule has 0 spiro atoms. The van der Waals surface area contributed by atoms with Crippen molar-refractivity contribution in [3.63, 3.8) is 0 Å². The number of anilines is 1. The van der Waals surface area contributed by atoms with Gasteiger partial charge in [0.1, 0.15) is 24.2 Å². The van der Waals surface area contributed by atoms with Crippen LogP contribution in [0.25, 0.3) is 5.69 Å². The molecule has 106 valence electrons. The fourth-order valence-electron chi connectivity index (χ4n) is 2.05. The molecule has 0 aliphatic carbocycles. The van der Waals surface area contributed by atoms with Gasteiger partial charge in [-0.15, -0.1) is 0 Å². The van der Waals surface area contributed by atoms with Gasteiger partial charge in [-0.2, -0.15) is 5.10 Å². The van der Waals surface area contributed by atoms with E-state index in [0.29, 0.717) is 22.8 Å². The molecule has 3 aromatic rings. The Hall–Kier alpha value is -2.40. The van der Waals surface area contributed by atoms with Gasteiger partial charge in [-0.1, -0.05) is 35.9 Å². The molecule has 0 aliphatic rings. The minimum atomic E-state index is -0.241. The quantitative estimate of drug-likeness (QED) is 0.799. The summed E-state index contributed by atoms with van der Waals surface area (Å²) in [4.78, 5) is 3.92. The molecular weight excluding hydrogens is 291 g/mol. The van der Waals surface area contributed by atoms with Gasteiger partial charge in [0.2, 0.25) is 0 Å². The van der Waals surface area contributed by atoms with Crippen LogP contribution in [-0.4, -0.2) is 14.8 Å². The fraction of sp³-hybridized carbons (Fsp3) is 0.0667. The standard InChI is InChI=1S/C15H12ClFN4/c16-12-5-3-7-14(15(12)21-10-18-9-20-21)19-8-11-4-1-2-6-13(11)17/h1-7,9-10,19H,8H2. The van der Waals surface area contributed by atoms with Crippen LogP contribution < -0.4 is 5.32 Å². The van der Waals surface area contributed by atoms with Gasteiger partial charge in [-0.05, 0) is 18.2 Å². The first-order valence-electron chi connectivity index (χ1n) is 6.36. The van der Waals surface area contributed by atoms with E-state index in [1.165, 1.54) is 12.4 Å². The predicted octanol–water partition coefficient (Wildman–Crippen LogP) is 3.67. The molecule has 1 N–H and O–H groups in total. The van der Waals surface area contributed by atoms with Crippen molar-refractivity contribution >= 4 is 17.3 Å². The molecule has 2 aromatic carbocycles. The van der Waals surface area contributed by atoms with Crippen molar-refractivity contribution < 1.29 is 4.39 Å². The predicted molar refractivity (Wildman–Crippen MR) is 80.1 cm³/mol. The van der Waals surface area contributed by atoms with Gasteiger partial charge in [0.05, 0.1) is 10.7 Å². The Morgan fingerprint density at radius 3 is 2.76 bits per heavy atom. The smallest absolute Gasteiger partial charge is 0.138 e. The lowest BCUT2D eigenvalue weighted by Gasteiger charge is -2.13. The lowest BCUT2D eigenvalue weighted by Crippen LogP contribution is -2.06. The highest BCUT2D eigenvalue weighted by Gasteiger charge is 2.10. The number of nitrogens with one attached hydrogen (secondary N) is 1. The normalized spacial score (nSPS) is 10.6. The third-order valence-electron chi connectivity index (χ3n) is 3.06. The van der Waals surface area contributed by atoms with Gasteiger partial charge < -0.3 is 5.32 Å². The van der Waals surface area contributed by atoms with Crippen LogP contribution in [0.4, 0.5) is 10.1 Å². The molecule has 1 heterocycles. The van der Waals surface area contributed by atoms with E-state index in [4.69, 9.17) is 11.6 Å². The maximum Gasteiger partial charge on any atom is 0.138 e. The minimum Gasteiger partial charge on any atom is -0.379 e. The lowest BCUT2D eigenvalue weighted by molar-refractivity contribution is 0.613. The first-order valence-corrected chi connectivity index (χ1v) is 6.74. The average Bonchev–Trinajstić information content (AvgIpc) is 3.00. The number of halogens is 2. The van der Waals surface area contributed by atoms with E-state index in [2.05, 4.69) is 15.4 Å². The summed E-state index contributed by atoms with van der Waals surface area (Å²) in [6, 6.07) is 12.1. The van der Waals surface area contributed by atoms with E-state index < -0.39 is 0 Å². The van der Waals surface area contributed by atoms with Gasteiger partial charge in [0.25, 0.3) is 0 Å². The van der Waals surface area contributed by atoms with Crippen molar-refractivity contribution in [3.8, 4) is 5.69 Å². The Kier molecular flexibility index (Phi) is 3.83. The molecule has 3 rings (SSSR count). The van der Waals surface area contributed by atoms with Crippen LogP contribution in [0.1, 0.15) is 5.56 Å². The second-order valence-electron chi connectivity index (χ2n) is 4.42. The van der Waals surface area contributed by atoms with E-state index in [1.54, 1.807) is 35.3 Å². The Morgan fingerprint density at radius 2 is 2.00 bits per heavy atom. The molecule has 0 unspecified atom stereocenters. The number of nitrogens with zero attached hydrogens (tertiary/aromatic N) is 3.